The van der Waals surface area contributed by atoms with Crippen molar-refractivity contribution in [2.45, 2.75) is 23.5 Å². The second-order valence-electron chi connectivity index (χ2n) is 6.25. The molecule has 30 heavy (non-hydrogen) atoms. The van der Waals surface area contributed by atoms with E-state index >= 15 is 0 Å². The van der Waals surface area contributed by atoms with E-state index in [-0.39, 0.29) is 34.8 Å². The van der Waals surface area contributed by atoms with Gasteiger partial charge in [-0.1, -0.05) is 39.3 Å². The zero-order valence-corrected chi connectivity index (χ0v) is 19.7. The molecule has 0 spiro atoms. The zero-order valence-electron chi connectivity index (χ0n) is 15.7. The first-order chi connectivity index (χ1) is 14.2. The Hall–Kier alpha value is -1.88. The average molecular weight is 531 g/mol. The first kappa shape index (κ1) is 22.8. The van der Waals surface area contributed by atoms with Gasteiger partial charge in [-0.15, -0.1) is 4.40 Å². The number of hydrogen-bond acceptors (Lipinski definition) is 5. The highest BCUT2D eigenvalue weighted by Gasteiger charge is 2.39. The molecule has 0 saturated carbocycles. The number of thioether (sulfide) groups is 1. The highest BCUT2D eigenvalue weighted by Crippen LogP contribution is 2.31. The van der Waals surface area contributed by atoms with Gasteiger partial charge in [-0.3, -0.25) is 14.5 Å². The van der Waals surface area contributed by atoms with Crippen molar-refractivity contribution in [3.8, 4) is 0 Å². The Balaban J connectivity index is 1.75. The number of nitrogens with one attached hydrogen (secondary N) is 1. The maximum atomic E-state index is 12.7. The first-order valence-electron chi connectivity index (χ1n) is 8.83. The Morgan fingerprint density at radius 3 is 2.43 bits per heavy atom. The van der Waals surface area contributed by atoms with E-state index in [4.69, 9.17) is 11.6 Å². The smallest absolute Gasteiger partial charge is 0.284 e. The summed E-state index contributed by atoms with van der Waals surface area (Å²) < 4.78 is 29.8. The highest BCUT2D eigenvalue weighted by molar-refractivity contribution is 9.10. The Bertz CT molecular complexity index is 1090. The van der Waals surface area contributed by atoms with E-state index in [0.717, 1.165) is 16.2 Å². The lowest BCUT2D eigenvalue weighted by molar-refractivity contribution is -0.128. The molecule has 11 heteroatoms. The summed E-state index contributed by atoms with van der Waals surface area (Å²) in [5.41, 5.74) is 0.555. The van der Waals surface area contributed by atoms with Crippen LogP contribution in [0.5, 0.6) is 0 Å². The molecule has 0 radical (unpaired) electrons. The molecule has 0 unspecified atom stereocenters. The number of sulfonamides is 1. The fraction of sp³-hybridized carbons (Fsp3) is 0.211. The number of hydrogen-bond donors (Lipinski definition) is 1. The molecule has 1 heterocycles. The lowest BCUT2D eigenvalue weighted by atomic mass is 10.2. The van der Waals surface area contributed by atoms with Gasteiger partial charge < -0.3 is 5.32 Å². The van der Waals surface area contributed by atoms with Crippen LogP contribution in [0.15, 0.2) is 62.3 Å². The predicted molar refractivity (Wildman–Crippen MR) is 122 cm³/mol. The molecule has 158 valence electrons. The van der Waals surface area contributed by atoms with E-state index in [9.17, 15) is 18.0 Å². The van der Waals surface area contributed by atoms with Gasteiger partial charge in [0.1, 0.15) is 5.25 Å². The number of amides is 2. The van der Waals surface area contributed by atoms with Crippen LogP contribution in [0.25, 0.3) is 0 Å². The third kappa shape index (κ3) is 5.42. The van der Waals surface area contributed by atoms with E-state index in [1.807, 2.05) is 0 Å². The van der Waals surface area contributed by atoms with Crippen molar-refractivity contribution in [1.29, 1.82) is 0 Å². The number of halogens is 2. The highest BCUT2D eigenvalue weighted by atomic mass is 79.9. The molecule has 0 bridgehead atoms. The largest absolute Gasteiger partial charge is 0.326 e. The zero-order chi connectivity index (χ0) is 21.9. The summed E-state index contributed by atoms with van der Waals surface area (Å²) in [5.74, 6) is -0.713. The SMILES string of the molecule is CCN1C(=O)[C@@H](CC(=O)Nc2ccc(Cl)cc2)SC1=NS(=O)(=O)c1ccc(Br)cc1. The summed E-state index contributed by atoms with van der Waals surface area (Å²) in [6, 6.07) is 12.6. The summed E-state index contributed by atoms with van der Waals surface area (Å²) in [6.45, 7) is 1.96. The molecule has 2 aromatic rings. The number of nitrogens with zero attached hydrogens (tertiary/aromatic N) is 2. The van der Waals surface area contributed by atoms with Crippen molar-refractivity contribution in [2.75, 3.05) is 11.9 Å². The predicted octanol–water partition coefficient (Wildman–Crippen LogP) is 4.14. The second-order valence-corrected chi connectivity index (χ2v) is 10.4. The molecule has 1 fully saturated rings. The monoisotopic (exact) mass is 529 g/mol. The van der Waals surface area contributed by atoms with Gasteiger partial charge in [0, 0.05) is 28.1 Å². The molecule has 1 atom stereocenters. The van der Waals surface area contributed by atoms with Crippen molar-refractivity contribution in [1.82, 2.24) is 4.90 Å². The summed E-state index contributed by atoms with van der Waals surface area (Å²) in [5, 5.41) is 2.55. The minimum atomic E-state index is -3.99. The standard InChI is InChI=1S/C19H17BrClN3O4S2/c1-2-24-18(26)16(11-17(25)22-14-7-5-13(21)6-8-14)29-19(24)23-30(27,28)15-9-3-12(20)4-10-15/h3-10,16H,2,11H2,1H3,(H,22,25)/t16-/m1/s1. The molecule has 0 aliphatic carbocycles. The molecular formula is C19H17BrClN3O4S2. The summed E-state index contributed by atoms with van der Waals surface area (Å²) in [7, 11) is -3.99. The fourth-order valence-corrected chi connectivity index (χ4v) is 5.49. The molecule has 2 amide bonds. The van der Waals surface area contributed by atoms with Gasteiger partial charge in [0.05, 0.1) is 4.90 Å². The van der Waals surface area contributed by atoms with E-state index in [1.165, 1.54) is 17.0 Å². The van der Waals surface area contributed by atoms with Crippen LogP contribution < -0.4 is 5.32 Å². The number of carbonyl (C=O) groups excluding carboxylic acids is 2. The Kier molecular flexibility index (Phi) is 7.22. The lowest BCUT2D eigenvalue weighted by Gasteiger charge is -2.13. The van der Waals surface area contributed by atoms with Gasteiger partial charge in [-0.05, 0) is 55.5 Å². The van der Waals surface area contributed by atoms with Gasteiger partial charge >= 0.3 is 0 Å². The maximum absolute atomic E-state index is 12.7. The van der Waals surface area contributed by atoms with Gasteiger partial charge in [-0.2, -0.15) is 8.42 Å². The first-order valence-corrected chi connectivity index (χ1v) is 12.3. The van der Waals surface area contributed by atoms with Crippen molar-refractivity contribution >= 4 is 72.0 Å². The number of benzene rings is 2. The van der Waals surface area contributed by atoms with Crippen LogP contribution in [-0.2, 0) is 19.6 Å². The molecule has 1 N–H and O–H groups in total. The molecule has 1 aliphatic heterocycles. The molecule has 0 aromatic heterocycles. The van der Waals surface area contributed by atoms with Gasteiger partial charge in [0.25, 0.3) is 10.0 Å². The Morgan fingerprint density at radius 1 is 1.20 bits per heavy atom. The summed E-state index contributed by atoms with van der Waals surface area (Å²) in [6.07, 6.45) is -0.111. The van der Waals surface area contributed by atoms with Crippen LogP contribution in [0.2, 0.25) is 5.02 Å². The maximum Gasteiger partial charge on any atom is 0.284 e. The Morgan fingerprint density at radius 2 is 1.83 bits per heavy atom. The van der Waals surface area contributed by atoms with Crippen LogP contribution >= 0.6 is 39.3 Å². The van der Waals surface area contributed by atoms with E-state index in [2.05, 4.69) is 25.6 Å². The van der Waals surface area contributed by atoms with Crippen LogP contribution in [-0.4, -0.2) is 42.1 Å². The summed E-state index contributed by atoms with van der Waals surface area (Å²) >= 11 is 10.1. The van der Waals surface area contributed by atoms with E-state index in [0.29, 0.717) is 10.7 Å². The number of rotatable bonds is 6. The minimum Gasteiger partial charge on any atom is -0.326 e. The quantitative estimate of drug-likeness (QED) is 0.606. The van der Waals surface area contributed by atoms with E-state index in [1.54, 1.807) is 43.3 Å². The van der Waals surface area contributed by atoms with Crippen LogP contribution in [0, 0.1) is 0 Å². The van der Waals surface area contributed by atoms with Crippen LogP contribution in [0.4, 0.5) is 5.69 Å². The molecule has 3 rings (SSSR count). The van der Waals surface area contributed by atoms with Crippen LogP contribution in [0.3, 0.4) is 0 Å². The summed E-state index contributed by atoms with van der Waals surface area (Å²) in [4.78, 5) is 26.3. The van der Waals surface area contributed by atoms with Crippen LogP contribution in [0.1, 0.15) is 13.3 Å². The average Bonchev–Trinajstić information content (AvgIpc) is 2.97. The van der Waals surface area contributed by atoms with Crippen molar-refractivity contribution < 1.29 is 18.0 Å². The third-order valence-corrected chi connectivity index (χ3v) is 7.50. The normalized spacial score (nSPS) is 18.1. The van der Waals surface area contributed by atoms with Crippen molar-refractivity contribution in [3.63, 3.8) is 0 Å². The molecule has 1 saturated heterocycles. The third-order valence-electron chi connectivity index (χ3n) is 4.14. The van der Waals surface area contributed by atoms with Crippen molar-refractivity contribution in [2.24, 2.45) is 4.40 Å². The van der Waals surface area contributed by atoms with Gasteiger partial charge in [-0.25, -0.2) is 0 Å². The van der Waals surface area contributed by atoms with Gasteiger partial charge in [0.15, 0.2) is 5.17 Å². The topological polar surface area (TPSA) is 95.9 Å². The molecule has 7 nitrogen and oxygen atoms in total. The van der Waals surface area contributed by atoms with Crippen molar-refractivity contribution in [3.05, 3.63) is 58.0 Å². The van der Waals surface area contributed by atoms with Gasteiger partial charge in [0.2, 0.25) is 11.8 Å². The fourth-order valence-electron chi connectivity index (χ4n) is 2.68. The number of anilines is 1. The molecule has 1 aliphatic rings. The molecule has 2 aromatic carbocycles. The molecular weight excluding hydrogens is 514 g/mol. The number of amidine groups is 1. The Labute approximate surface area is 192 Å². The van der Waals surface area contributed by atoms with E-state index < -0.39 is 15.3 Å². The second kappa shape index (κ2) is 9.51. The number of carbonyl (C=O) groups is 2. The minimum absolute atomic E-state index is 0.0197. The lowest BCUT2D eigenvalue weighted by Crippen LogP contribution is -2.33.